The van der Waals surface area contributed by atoms with Crippen LogP contribution < -0.4 is 4.72 Å². The molecule has 2 heterocycles. The molecule has 6 nitrogen and oxygen atoms in total. The van der Waals surface area contributed by atoms with Crippen molar-refractivity contribution in [3.63, 3.8) is 0 Å². The van der Waals surface area contributed by atoms with Crippen molar-refractivity contribution in [1.29, 1.82) is 0 Å². The number of pyridine rings is 1. The van der Waals surface area contributed by atoms with Crippen LogP contribution in [0.1, 0.15) is 5.56 Å². The quantitative estimate of drug-likeness (QED) is 0.484. The Bertz CT molecular complexity index is 1270. The van der Waals surface area contributed by atoms with E-state index >= 15 is 0 Å². The summed E-state index contributed by atoms with van der Waals surface area (Å²) in [6.45, 7) is 0.169. The number of para-hydroxylation sites is 1. The second-order valence-electron chi connectivity index (χ2n) is 6.05. The molecule has 0 aliphatic rings. The number of hydrogen-bond acceptors (Lipinski definition) is 4. The van der Waals surface area contributed by atoms with Crippen LogP contribution in [-0.2, 0) is 16.6 Å². The fourth-order valence-corrected chi connectivity index (χ4v) is 4.57. The van der Waals surface area contributed by atoms with Gasteiger partial charge in [-0.25, -0.2) is 12.8 Å². The number of anilines is 1. The molecule has 0 aliphatic carbocycles. The maximum Gasteiger partial charge on any atom is 0.265 e. The largest absolute Gasteiger partial charge is 0.265 e. The summed E-state index contributed by atoms with van der Waals surface area (Å²) in [6.07, 6.45) is 3.13. The summed E-state index contributed by atoms with van der Waals surface area (Å²) < 4.78 is 44.0. The van der Waals surface area contributed by atoms with Gasteiger partial charge in [0.1, 0.15) is 10.7 Å². The molecule has 0 bridgehead atoms. The lowest BCUT2D eigenvalue weighted by Crippen LogP contribution is -2.15. The third-order valence-corrected chi connectivity index (χ3v) is 6.07. The van der Waals surface area contributed by atoms with E-state index in [2.05, 4.69) is 30.7 Å². The molecule has 0 saturated carbocycles. The summed E-state index contributed by atoms with van der Waals surface area (Å²) >= 11 is 3.30. The highest BCUT2D eigenvalue weighted by molar-refractivity contribution is 9.10. The number of fused-ring (bicyclic) bond motifs is 1. The van der Waals surface area contributed by atoms with Crippen LogP contribution in [0.5, 0.6) is 0 Å². The van der Waals surface area contributed by atoms with Gasteiger partial charge in [0.15, 0.2) is 5.82 Å². The standard InChI is InChI=1S/C19H14BrFN4O2S/c20-15-12-25(11-14-5-1-2-8-16(14)21)23-19(15)24-28(26,27)17-9-3-6-13-7-4-10-22-18(13)17/h1-10,12H,11H2,(H,23,24). The van der Waals surface area contributed by atoms with Crippen LogP contribution in [0.25, 0.3) is 10.9 Å². The lowest BCUT2D eigenvalue weighted by atomic mass is 10.2. The molecule has 28 heavy (non-hydrogen) atoms. The van der Waals surface area contributed by atoms with Gasteiger partial charge in [0, 0.05) is 23.3 Å². The molecule has 2 aromatic heterocycles. The first-order valence-corrected chi connectivity index (χ1v) is 10.5. The third-order valence-electron chi connectivity index (χ3n) is 4.12. The fraction of sp³-hybridized carbons (Fsp3) is 0.0526. The number of halogens is 2. The van der Waals surface area contributed by atoms with E-state index in [1.807, 2.05) is 0 Å². The van der Waals surface area contributed by atoms with Crippen LogP contribution in [0, 0.1) is 5.82 Å². The smallest absolute Gasteiger partial charge is 0.265 e. The molecule has 0 unspecified atom stereocenters. The minimum absolute atomic E-state index is 0.0566. The summed E-state index contributed by atoms with van der Waals surface area (Å²) in [6, 6.07) is 14.8. The zero-order chi connectivity index (χ0) is 19.7. The number of aromatic nitrogens is 3. The number of hydrogen-bond donors (Lipinski definition) is 1. The first-order chi connectivity index (χ1) is 13.4. The number of nitrogens with zero attached hydrogens (tertiary/aromatic N) is 3. The molecule has 9 heteroatoms. The van der Waals surface area contributed by atoms with Crippen LogP contribution in [0.15, 0.2) is 76.4 Å². The van der Waals surface area contributed by atoms with Crippen LogP contribution in [0.4, 0.5) is 10.2 Å². The highest BCUT2D eigenvalue weighted by Gasteiger charge is 2.21. The van der Waals surface area contributed by atoms with Crippen LogP contribution >= 0.6 is 15.9 Å². The first kappa shape index (κ1) is 18.6. The molecule has 4 aromatic rings. The Balaban J connectivity index is 1.65. The molecule has 2 aromatic carbocycles. The van der Waals surface area contributed by atoms with Crippen molar-refractivity contribution < 1.29 is 12.8 Å². The average molecular weight is 461 g/mol. The molecular weight excluding hydrogens is 447 g/mol. The fourth-order valence-electron chi connectivity index (χ4n) is 2.82. The van der Waals surface area contributed by atoms with E-state index < -0.39 is 10.0 Å². The zero-order valence-corrected chi connectivity index (χ0v) is 16.8. The Hall–Kier alpha value is -2.78. The molecule has 0 saturated heterocycles. The number of nitrogens with one attached hydrogen (secondary N) is 1. The molecule has 0 atom stereocenters. The normalized spacial score (nSPS) is 11.6. The molecular formula is C19H14BrFN4O2S. The highest BCUT2D eigenvalue weighted by Crippen LogP contribution is 2.27. The predicted octanol–water partition coefficient (Wildman–Crippen LogP) is 4.18. The Morgan fingerprint density at radius 1 is 1.07 bits per heavy atom. The van der Waals surface area contributed by atoms with Gasteiger partial charge in [-0.2, -0.15) is 5.10 Å². The maximum atomic E-state index is 13.9. The molecule has 0 spiro atoms. The lowest BCUT2D eigenvalue weighted by Gasteiger charge is -2.08. The predicted molar refractivity (Wildman–Crippen MR) is 108 cm³/mol. The van der Waals surface area contributed by atoms with Gasteiger partial charge in [-0.3, -0.25) is 14.4 Å². The summed E-state index contributed by atoms with van der Waals surface area (Å²) in [5, 5.41) is 4.95. The number of rotatable bonds is 5. The van der Waals surface area contributed by atoms with Gasteiger partial charge in [-0.1, -0.05) is 36.4 Å². The van der Waals surface area contributed by atoms with E-state index in [0.29, 0.717) is 15.6 Å². The lowest BCUT2D eigenvalue weighted by molar-refractivity contribution is 0.585. The Labute approximate surface area is 169 Å². The van der Waals surface area contributed by atoms with Gasteiger partial charge in [-0.15, -0.1) is 0 Å². The first-order valence-electron chi connectivity index (χ1n) is 8.27. The molecule has 0 radical (unpaired) electrons. The van der Waals surface area contributed by atoms with Crippen LogP contribution in [0.2, 0.25) is 0 Å². The van der Waals surface area contributed by atoms with Crippen molar-refractivity contribution in [2.24, 2.45) is 0 Å². The zero-order valence-electron chi connectivity index (χ0n) is 14.4. The molecule has 0 aliphatic heterocycles. The molecule has 1 N–H and O–H groups in total. The van der Waals surface area contributed by atoms with Gasteiger partial charge in [0.2, 0.25) is 0 Å². The monoisotopic (exact) mass is 460 g/mol. The van der Waals surface area contributed by atoms with Crippen LogP contribution in [-0.4, -0.2) is 23.2 Å². The van der Waals surface area contributed by atoms with E-state index in [0.717, 1.165) is 5.39 Å². The van der Waals surface area contributed by atoms with Crippen molar-refractivity contribution in [3.05, 3.63) is 82.8 Å². The summed E-state index contributed by atoms with van der Waals surface area (Å²) in [5.41, 5.74) is 0.824. The van der Waals surface area contributed by atoms with Gasteiger partial charge < -0.3 is 0 Å². The second-order valence-corrected chi connectivity index (χ2v) is 8.56. The minimum Gasteiger partial charge on any atom is -0.265 e. The third kappa shape index (κ3) is 3.63. The van der Waals surface area contributed by atoms with Gasteiger partial charge in [0.05, 0.1) is 16.5 Å². The van der Waals surface area contributed by atoms with Gasteiger partial charge >= 0.3 is 0 Å². The van der Waals surface area contributed by atoms with Gasteiger partial charge in [-0.05, 0) is 34.1 Å². The summed E-state index contributed by atoms with van der Waals surface area (Å²) in [5.74, 6) is -0.234. The maximum absolute atomic E-state index is 13.9. The van der Waals surface area contributed by atoms with E-state index in [9.17, 15) is 12.8 Å². The number of sulfonamides is 1. The topological polar surface area (TPSA) is 76.9 Å². The van der Waals surface area contributed by atoms with E-state index in [-0.39, 0.29) is 23.1 Å². The summed E-state index contributed by atoms with van der Waals surface area (Å²) in [7, 11) is -3.92. The SMILES string of the molecule is O=S(=O)(Nc1nn(Cc2ccccc2F)cc1Br)c1cccc2cccnc12. The van der Waals surface area contributed by atoms with Crippen molar-refractivity contribution in [2.75, 3.05) is 4.72 Å². The van der Waals surface area contributed by atoms with Crippen molar-refractivity contribution in [3.8, 4) is 0 Å². The number of benzene rings is 2. The van der Waals surface area contributed by atoms with Gasteiger partial charge in [0.25, 0.3) is 10.0 Å². The summed E-state index contributed by atoms with van der Waals surface area (Å²) in [4.78, 5) is 4.24. The molecule has 142 valence electrons. The Morgan fingerprint density at radius 2 is 1.86 bits per heavy atom. The van der Waals surface area contributed by atoms with Crippen molar-refractivity contribution in [1.82, 2.24) is 14.8 Å². The molecule has 0 amide bonds. The van der Waals surface area contributed by atoms with Crippen molar-refractivity contribution in [2.45, 2.75) is 11.4 Å². The van der Waals surface area contributed by atoms with Crippen LogP contribution in [0.3, 0.4) is 0 Å². The molecule has 0 fully saturated rings. The Kier molecular flexibility index (Phi) is 4.86. The van der Waals surface area contributed by atoms with Crippen molar-refractivity contribution >= 4 is 42.7 Å². The second kappa shape index (κ2) is 7.33. The average Bonchev–Trinajstić information content (AvgIpc) is 3.01. The van der Waals surface area contributed by atoms with E-state index in [1.165, 1.54) is 16.8 Å². The van der Waals surface area contributed by atoms with E-state index in [4.69, 9.17) is 0 Å². The molecule has 4 rings (SSSR count). The Morgan fingerprint density at radius 3 is 2.68 bits per heavy atom. The van der Waals surface area contributed by atoms with E-state index in [1.54, 1.807) is 54.9 Å². The highest BCUT2D eigenvalue weighted by atomic mass is 79.9. The minimum atomic E-state index is -3.92.